The van der Waals surface area contributed by atoms with Crippen molar-refractivity contribution in [3.8, 4) is 5.75 Å². The van der Waals surface area contributed by atoms with Gasteiger partial charge >= 0.3 is 0 Å². The number of nitrogens with one attached hydrogen (secondary N) is 1. The molecule has 142 valence electrons. The van der Waals surface area contributed by atoms with Gasteiger partial charge in [0.25, 0.3) is 5.91 Å². The molecule has 0 saturated carbocycles. The van der Waals surface area contributed by atoms with Crippen LogP contribution in [0.15, 0.2) is 36.4 Å². The van der Waals surface area contributed by atoms with E-state index in [1.807, 2.05) is 14.1 Å². The Bertz CT molecular complexity index is 975. The van der Waals surface area contributed by atoms with E-state index in [0.29, 0.717) is 34.2 Å². The number of quaternary nitrogens is 1. The number of amides is 1. The molecule has 3 rings (SSSR count). The number of carbonyl (C=O) groups excluding carboxylic acids is 1. The van der Waals surface area contributed by atoms with Crippen molar-refractivity contribution in [1.29, 1.82) is 0 Å². The summed E-state index contributed by atoms with van der Waals surface area (Å²) in [5, 5.41) is 0.337. The van der Waals surface area contributed by atoms with E-state index in [1.165, 1.54) is 18.1 Å². The van der Waals surface area contributed by atoms with Crippen LogP contribution in [0.2, 0.25) is 0 Å². The highest BCUT2D eigenvalue weighted by atomic mass is 32.1. The summed E-state index contributed by atoms with van der Waals surface area (Å²) in [7, 11) is 5.48. The van der Waals surface area contributed by atoms with Crippen molar-refractivity contribution in [3.63, 3.8) is 0 Å². The molecule has 1 amide bonds. The van der Waals surface area contributed by atoms with Gasteiger partial charge in [0, 0.05) is 11.6 Å². The molecule has 0 aliphatic carbocycles. The summed E-state index contributed by atoms with van der Waals surface area (Å²) in [6.07, 6.45) is 0. The monoisotopic (exact) mass is 392 g/mol. The highest BCUT2D eigenvalue weighted by Gasteiger charge is 2.23. The predicted octanol–water partition coefficient (Wildman–Crippen LogP) is 2.37. The summed E-state index contributed by atoms with van der Waals surface area (Å²) in [5.41, 5.74) is 0.506. The molecule has 0 aliphatic heterocycles. The second-order valence-corrected chi connectivity index (χ2v) is 7.39. The Hall–Kier alpha value is -2.58. The fourth-order valence-corrected chi connectivity index (χ4v) is 3.62. The Labute approximate surface area is 159 Å². The number of methoxy groups -OCH3 is 1. The van der Waals surface area contributed by atoms with Crippen LogP contribution in [-0.4, -0.2) is 45.2 Å². The van der Waals surface area contributed by atoms with Crippen LogP contribution >= 0.6 is 11.3 Å². The van der Waals surface area contributed by atoms with E-state index in [1.54, 1.807) is 24.3 Å². The number of benzene rings is 2. The van der Waals surface area contributed by atoms with Gasteiger partial charge in [-0.1, -0.05) is 17.4 Å². The van der Waals surface area contributed by atoms with Gasteiger partial charge in [0.2, 0.25) is 0 Å². The van der Waals surface area contributed by atoms with E-state index in [4.69, 9.17) is 4.74 Å². The first-order chi connectivity index (χ1) is 12.9. The summed E-state index contributed by atoms with van der Waals surface area (Å²) >= 11 is 1.09. The van der Waals surface area contributed by atoms with Gasteiger partial charge in [0.15, 0.2) is 10.9 Å². The smallest absolute Gasteiger partial charge is 0.260 e. The molecule has 27 heavy (non-hydrogen) atoms. The van der Waals surface area contributed by atoms with Crippen molar-refractivity contribution < 1.29 is 23.2 Å². The van der Waals surface area contributed by atoms with Crippen molar-refractivity contribution in [2.24, 2.45) is 0 Å². The van der Waals surface area contributed by atoms with Gasteiger partial charge in [-0.25, -0.2) is 13.8 Å². The van der Waals surface area contributed by atoms with Crippen LogP contribution in [0.5, 0.6) is 5.75 Å². The lowest BCUT2D eigenvalue weighted by molar-refractivity contribution is -0.856. The third-order valence-electron chi connectivity index (χ3n) is 4.03. The number of rotatable bonds is 6. The highest BCUT2D eigenvalue weighted by Crippen LogP contribution is 2.32. The molecule has 0 saturated heterocycles. The number of halogens is 2. The second-order valence-electron chi connectivity index (χ2n) is 6.38. The van der Waals surface area contributed by atoms with Gasteiger partial charge in [-0.05, 0) is 24.3 Å². The van der Waals surface area contributed by atoms with Crippen LogP contribution in [0, 0.1) is 11.6 Å². The van der Waals surface area contributed by atoms with Gasteiger partial charge in [0.1, 0.15) is 17.1 Å². The number of ether oxygens (including phenoxy) is 1. The van der Waals surface area contributed by atoms with Crippen molar-refractivity contribution in [1.82, 2.24) is 4.98 Å². The molecule has 0 atom stereocenters. The van der Waals surface area contributed by atoms with Gasteiger partial charge < -0.3 is 9.64 Å². The quantitative estimate of drug-likeness (QED) is 0.701. The Morgan fingerprint density at radius 3 is 2.74 bits per heavy atom. The van der Waals surface area contributed by atoms with Gasteiger partial charge in [-0.2, -0.15) is 0 Å². The SMILES string of the molecule is COc1cccc(C(=O)N(CC[NH+](C)C)c2nc3c(F)cc(F)cc3s2)c1. The molecule has 1 heterocycles. The summed E-state index contributed by atoms with van der Waals surface area (Å²) in [5.74, 6) is -1.11. The van der Waals surface area contributed by atoms with Crippen molar-refractivity contribution >= 4 is 32.6 Å². The molecule has 2 aromatic carbocycles. The molecule has 0 radical (unpaired) electrons. The Morgan fingerprint density at radius 1 is 1.26 bits per heavy atom. The largest absolute Gasteiger partial charge is 0.497 e. The first-order valence-corrected chi connectivity index (χ1v) is 9.21. The van der Waals surface area contributed by atoms with Crippen LogP contribution in [0.3, 0.4) is 0 Å². The molecule has 1 aromatic heterocycles. The van der Waals surface area contributed by atoms with E-state index in [2.05, 4.69) is 4.98 Å². The van der Waals surface area contributed by atoms with Gasteiger partial charge in [0.05, 0.1) is 39.0 Å². The summed E-state index contributed by atoms with van der Waals surface area (Å²) < 4.78 is 33.1. The Morgan fingerprint density at radius 2 is 2.04 bits per heavy atom. The zero-order valence-corrected chi connectivity index (χ0v) is 16.1. The number of carbonyl (C=O) groups is 1. The summed E-state index contributed by atoms with van der Waals surface area (Å²) in [6, 6.07) is 8.84. The molecule has 0 fully saturated rings. The number of fused-ring (bicyclic) bond motifs is 1. The van der Waals surface area contributed by atoms with Gasteiger partial charge in [-0.15, -0.1) is 0 Å². The van der Waals surface area contributed by atoms with E-state index in [0.717, 1.165) is 22.3 Å². The maximum absolute atomic E-state index is 14.0. The zero-order valence-electron chi connectivity index (χ0n) is 15.3. The number of likely N-dealkylation sites (N-methyl/N-ethyl adjacent to an activating group) is 1. The highest BCUT2D eigenvalue weighted by molar-refractivity contribution is 7.22. The number of thiazole rings is 1. The predicted molar refractivity (Wildman–Crippen MR) is 102 cm³/mol. The normalized spacial score (nSPS) is 11.2. The average Bonchev–Trinajstić information content (AvgIpc) is 3.05. The third kappa shape index (κ3) is 4.23. The first kappa shape index (κ1) is 19.2. The van der Waals surface area contributed by atoms with Crippen LogP contribution in [0.1, 0.15) is 10.4 Å². The minimum Gasteiger partial charge on any atom is -0.497 e. The molecule has 5 nitrogen and oxygen atoms in total. The maximum atomic E-state index is 14.0. The number of aromatic nitrogens is 1. The minimum absolute atomic E-state index is 0.0667. The van der Waals surface area contributed by atoms with Crippen LogP contribution < -0.4 is 14.5 Å². The third-order valence-corrected chi connectivity index (χ3v) is 5.06. The first-order valence-electron chi connectivity index (χ1n) is 8.39. The zero-order chi connectivity index (χ0) is 19.6. The molecular weight excluding hydrogens is 372 g/mol. The number of anilines is 1. The molecule has 1 N–H and O–H groups in total. The van der Waals surface area contributed by atoms with E-state index >= 15 is 0 Å². The Balaban J connectivity index is 2.02. The lowest BCUT2D eigenvalue weighted by atomic mass is 10.2. The number of hydrogen-bond donors (Lipinski definition) is 1. The van der Waals surface area contributed by atoms with Crippen molar-refractivity contribution in [2.75, 3.05) is 39.2 Å². The average molecular weight is 392 g/mol. The summed E-state index contributed by atoms with van der Waals surface area (Å²) in [6.45, 7) is 1.06. The summed E-state index contributed by atoms with van der Waals surface area (Å²) in [4.78, 5) is 20.0. The minimum atomic E-state index is -0.737. The molecule has 0 bridgehead atoms. The molecule has 3 aromatic rings. The molecule has 8 heteroatoms. The lowest BCUT2D eigenvalue weighted by Gasteiger charge is -2.21. The lowest BCUT2D eigenvalue weighted by Crippen LogP contribution is -3.06. The Kier molecular flexibility index (Phi) is 5.67. The van der Waals surface area contributed by atoms with Gasteiger partial charge in [-0.3, -0.25) is 9.69 Å². The fraction of sp³-hybridized carbons (Fsp3) is 0.263. The standard InChI is InChI=1S/C19H19F2N3O2S/c1-23(2)7-8-24(18(25)12-5-4-6-14(9-12)26-3)19-22-17-15(21)10-13(20)11-16(17)27-19/h4-6,9-11H,7-8H2,1-3H3/p+1. The maximum Gasteiger partial charge on any atom is 0.260 e. The van der Waals surface area contributed by atoms with E-state index < -0.39 is 11.6 Å². The molecule has 0 aliphatic rings. The molecule has 0 spiro atoms. The fourth-order valence-electron chi connectivity index (χ4n) is 2.59. The van der Waals surface area contributed by atoms with Crippen LogP contribution in [0.4, 0.5) is 13.9 Å². The second kappa shape index (κ2) is 7.98. The van der Waals surface area contributed by atoms with Crippen LogP contribution in [0.25, 0.3) is 10.2 Å². The number of nitrogens with zero attached hydrogens (tertiary/aromatic N) is 2. The topological polar surface area (TPSA) is 46.9 Å². The van der Waals surface area contributed by atoms with Crippen LogP contribution in [-0.2, 0) is 0 Å². The van der Waals surface area contributed by atoms with E-state index in [-0.39, 0.29) is 11.4 Å². The van der Waals surface area contributed by atoms with E-state index in [9.17, 15) is 13.6 Å². The molecule has 0 unspecified atom stereocenters. The van der Waals surface area contributed by atoms with Crippen molar-refractivity contribution in [3.05, 3.63) is 53.6 Å². The van der Waals surface area contributed by atoms with Crippen molar-refractivity contribution in [2.45, 2.75) is 0 Å². The molecular formula is C19H20F2N3O2S+. The number of hydrogen-bond acceptors (Lipinski definition) is 4.